The number of nitrogens with zero attached hydrogens (tertiary/aromatic N) is 3. The van der Waals surface area contributed by atoms with E-state index in [9.17, 15) is 4.79 Å². The molecule has 0 saturated heterocycles. The zero-order chi connectivity index (χ0) is 18.7. The van der Waals surface area contributed by atoms with E-state index in [1.165, 1.54) is 4.68 Å². The summed E-state index contributed by atoms with van der Waals surface area (Å²) in [5.74, 6) is 0.624. The van der Waals surface area contributed by atoms with Crippen LogP contribution in [0.5, 0.6) is 6.01 Å². The van der Waals surface area contributed by atoms with Crippen molar-refractivity contribution in [2.45, 2.75) is 27.7 Å². The highest BCUT2D eigenvalue weighted by Gasteiger charge is 2.22. The Morgan fingerprint density at radius 3 is 2.35 bits per heavy atom. The molecule has 2 aromatic carbocycles. The molecule has 0 bridgehead atoms. The summed E-state index contributed by atoms with van der Waals surface area (Å²) in [4.78, 5) is 17.6. The van der Waals surface area contributed by atoms with Gasteiger partial charge in [0.05, 0.1) is 6.61 Å². The number of benzene rings is 2. The molecule has 0 aliphatic rings. The number of carbonyl (C=O) groups is 1. The second-order valence-electron chi connectivity index (χ2n) is 6.77. The minimum Gasteiger partial charge on any atom is -0.462 e. The lowest BCUT2D eigenvalue weighted by atomic mass is 10.1. The molecule has 1 aromatic heterocycles. The van der Waals surface area contributed by atoms with E-state index in [0.29, 0.717) is 23.9 Å². The third-order valence-electron chi connectivity index (χ3n) is 4.09. The molecule has 0 spiro atoms. The second-order valence-corrected chi connectivity index (χ2v) is 6.77. The van der Waals surface area contributed by atoms with E-state index < -0.39 is 0 Å². The number of rotatable bonds is 5. The van der Waals surface area contributed by atoms with E-state index in [0.717, 1.165) is 16.7 Å². The van der Waals surface area contributed by atoms with Gasteiger partial charge in [0, 0.05) is 11.1 Å². The van der Waals surface area contributed by atoms with Gasteiger partial charge >= 0.3 is 6.01 Å². The number of aromatic nitrogens is 3. The molecule has 0 amide bonds. The Balaban J connectivity index is 2.09. The van der Waals surface area contributed by atoms with Crippen LogP contribution in [-0.4, -0.2) is 27.3 Å². The zero-order valence-corrected chi connectivity index (χ0v) is 15.6. The van der Waals surface area contributed by atoms with Crippen LogP contribution in [-0.2, 0) is 0 Å². The Bertz CT molecular complexity index is 929. The van der Waals surface area contributed by atoms with Gasteiger partial charge in [-0.2, -0.15) is 9.67 Å². The van der Waals surface area contributed by atoms with Gasteiger partial charge in [-0.15, -0.1) is 5.10 Å². The van der Waals surface area contributed by atoms with Crippen molar-refractivity contribution in [3.63, 3.8) is 0 Å². The average molecular weight is 349 g/mol. The van der Waals surface area contributed by atoms with Gasteiger partial charge in [-0.25, -0.2) is 0 Å². The van der Waals surface area contributed by atoms with E-state index >= 15 is 0 Å². The molecule has 3 rings (SSSR count). The lowest BCUT2D eigenvalue weighted by Crippen LogP contribution is -2.17. The number of hydrogen-bond donors (Lipinski definition) is 0. The van der Waals surface area contributed by atoms with Crippen molar-refractivity contribution >= 4 is 5.91 Å². The van der Waals surface area contributed by atoms with Gasteiger partial charge in [0.1, 0.15) is 0 Å². The van der Waals surface area contributed by atoms with Crippen molar-refractivity contribution < 1.29 is 9.53 Å². The lowest BCUT2D eigenvalue weighted by Gasteiger charge is -2.08. The van der Waals surface area contributed by atoms with E-state index in [4.69, 9.17) is 4.74 Å². The Kier molecular flexibility index (Phi) is 5.16. The van der Waals surface area contributed by atoms with E-state index in [1.54, 1.807) is 6.07 Å². The molecule has 5 heteroatoms. The third-order valence-corrected chi connectivity index (χ3v) is 4.09. The van der Waals surface area contributed by atoms with Crippen LogP contribution < -0.4 is 4.74 Å². The van der Waals surface area contributed by atoms with Crippen LogP contribution in [0.2, 0.25) is 0 Å². The quantitative estimate of drug-likeness (QED) is 0.690. The smallest absolute Gasteiger partial charge is 0.336 e. The first-order valence-corrected chi connectivity index (χ1v) is 8.73. The van der Waals surface area contributed by atoms with Crippen LogP contribution >= 0.6 is 0 Å². The molecule has 3 aromatic rings. The summed E-state index contributed by atoms with van der Waals surface area (Å²) < 4.78 is 7.02. The summed E-state index contributed by atoms with van der Waals surface area (Å²) in [6.45, 7) is 8.50. The van der Waals surface area contributed by atoms with Crippen LogP contribution in [0.1, 0.15) is 35.3 Å². The van der Waals surface area contributed by atoms with Gasteiger partial charge in [0.15, 0.2) is 5.82 Å². The molecular formula is C21H23N3O2. The summed E-state index contributed by atoms with van der Waals surface area (Å²) in [6.07, 6.45) is 0. The average Bonchev–Trinajstić information content (AvgIpc) is 3.04. The monoisotopic (exact) mass is 349 g/mol. The molecule has 0 aliphatic carbocycles. The van der Waals surface area contributed by atoms with Gasteiger partial charge in [0.25, 0.3) is 5.91 Å². The highest BCUT2D eigenvalue weighted by atomic mass is 16.5. The first kappa shape index (κ1) is 17.9. The van der Waals surface area contributed by atoms with Gasteiger partial charge in [-0.3, -0.25) is 4.79 Å². The number of ether oxygens (including phenoxy) is 1. The summed E-state index contributed by atoms with van der Waals surface area (Å²) in [5, 5.41) is 4.35. The number of hydrogen-bond acceptors (Lipinski definition) is 4. The summed E-state index contributed by atoms with van der Waals surface area (Å²) in [6, 6.07) is 15.5. The molecule has 0 atom stereocenters. The molecule has 0 N–H and O–H groups in total. The molecule has 0 radical (unpaired) electrons. The summed E-state index contributed by atoms with van der Waals surface area (Å²) in [7, 11) is 0. The van der Waals surface area contributed by atoms with Crippen molar-refractivity contribution in [3.8, 4) is 17.4 Å². The van der Waals surface area contributed by atoms with Crippen LogP contribution in [0.25, 0.3) is 11.4 Å². The predicted octanol–water partition coefficient (Wildman–Crippen LogP) is 4.29. The van der Waals surface area contributed by atoms with Gasteiger partial charge in [-0.1, -0.05) is 56.3 Å². The largest absolute Gasteiger partial charge is 0.462 e. The van der Waals surface area contributed by atoms with Crippen LogP contribution in [0.4, 0.5) is 0 Å². The molecule has 0 aliphatic heterocycles. The Hall–Kier alpha value is -2.95. The van der Waals surface area contributed by atoms with E-state index in [-0.39, 0.29) is 11.9 Å². The normalized spacial score (nSPS) is 11.0. The lowest BCUT2D eigenvalue weighted by molar-refractivity contribution is 0.0944. The van der Waals surface area contributed by atoms with Crippen LogP contribution in [0, 0.1) is 19.8 Å². The summed E-state index contributed by atoms with van der Waals surface area (Å²) in [5.41, 5.74) is 3.38. The number of aryl methyl sites for hydroxylation is 2. The fourth-order valence-corrected chi connectivity index (χ4v) is 2.66. The topological polar surface area (TPSA) is 57.0 Å². The SMILES string of the molecule is Cc1ccccc1C(=O)n1nc(OCC(C)C)nc1-c1ccccc1C. The van der Waals surface area contributed by atoms with Gasteiger partial charge in [-0.05, 0) is 37.0 Å². The molecule has 0 unspecified atom stereocenters. The Morgan fingerprint density at radius 2 is 1.69 bits per heavy atom. The van der Waals surface area contributed by atoms with Gasteiger partial charge < -0.3 is 4.74 Å². The molecule has 1 heterocycles. The van der Waals surface area contributed by atoms with Crippen LogP contribution in [0.15, 0.2) is 48.5 Å². The van der Waals surface area contributed by atoms with E-state index in [2.05, 4.69) is 23.9 Å². The first-order chi connectivity index (χ1) is 12.5. The first-order valence-electron chi connectivity index (χ1n) is 8.73. The molecule has 134 valence electrons. The van der Waals surface area contributed by atoms with Crippen molar-refractivity contribution in [2.75, 3.05) is 6.61 Å². The standard InChI is InChI=1S/C21H23N3O2/c1-14(2)13-26-21-22-19(17-11-7-5-9-15(17)3)24(23-21)20(25)18-12-8-6-10-16(18)4/h5-12,14H,13H2,1-4H3. The predicted molar refractivity (Wildman–Crippen MR) is 101 cm³/mol. The van der Waals surface area contributed by atoms with Gasteiger partial charge in [0.2, 0.25) is 0 Å². The second kappa shape index (κ2) is 7.52. The maximum Gasteiger partial charge on any atom is 0.336 e. The maximum atomic E-state index is 13.1. The maximum absolute atomic E-state index is 13.1. The van der Waals surface area contributed by atoms with Crippen molar-refractivity contribution in [1.29, 1.82) is 0 Å². The molecule has 26 heavy (non-hydrogen) atoms. The fraction of sp³-hybridized carbons (Fsp3) is 0.286. The highest BCUT2D eigenvalue weighted by Crippen LogP contribution is 2.25. The fourth-order valence-electron chi connectivity index (χ4n) is 2.66. The van der Waals surface area contributed by atoms with Crippen molar-refractivity contribution in [2.24, 2.45) is 5.92 Å². The number of carbonyl (C=O) groups excluding carboxylic acids is 1. The van der Waals surface area contributed by atoms with Crippen LogP contribution in [0.3, 0.4) is 0 Å². The zero-order valence-electron chi connectivity index (χ0n) is 15.6. The summed E-state index contributed by atoms with van der Waals surface area (Å²) >= 11 is 0. The Labute approximate surface area is 153 Å². The van der Waals surface area contributed by atoms with E-state index in [1.807, 2.05) is 56.3 Å². The Morgan fingerprint density at radius 1 is 1.04 bits per heavy atom. The van der Waals surface area contributed by atoms with Crippen molar-refractivity contribution in [1.82, 2.24) is 14.8 Å². The third kappa shape index (κ3) is 3.67. The molecular weight excluding hydrogens is 326 g/mol. The molecule has 0 fully saturated rings. The highest BCUT2D eigenvalue weighted by molar-refractivity contribution is 5.98. The molecule has 5 nitrogen and oxygen atoms in total. The molecule has 0 saturated carbocycles. The minimum absolute atomic E-state index is 0.215. The minimum atomic E-state index is -0.215. The van der Waals surface area contributed by atoms with Crippen molar-refractivity contribution in [3.05, 3.63) is 65.2 Å².